The van der Waals surface area contributed by atoms with Gasteiger partial charge in [0.25, 0.3) is 0 Å². The maximum Gasteiger partial charge on any atom is 0.408 e. The lowest BCUT2D eigenvalue weighted by atomic mass is 10.0. The highest BCUT2D eigenvalue weighted by Gasteiger charge is 2.53. The molecule has 19 heavy (non-hydrogen) atoms. The van der Waals surface area contributed by atoms with Crippen molar-refractivity contribution in [1.82, 2.24) is 5.32 Å². The van der Waals surface area contributed by atoms with E-state index in [1.807, 2.05) is 0 Å². The lowest BCUT2D eigenvalue weighted by Crippen LogP contribution is -2.43. The number of aliphatic carboxylic acids is 1. The number of carbonyl (C=O) groups is 2. The van der Waals surface area contributed by atoms with Crippen molar-refractivity contribution in [2.24, 2.45) is 17.8 Å². The molecule has 2 rings (SSSR count). The van der Waals surface area contributed by atoms with Crippen molar-refractivity contribution >= 4 is 12.1 Å². The van der Waals surface area contributed by atoms with Crippen molar-refractivity contribution < 1.29 is 19.4 Å². The van der Waals surface area contributed by atoms with Crippen LogP contribution < -0.4 is 5.32 Å². The summed E-state index contributed by atoms with van der Waals surface area (Å²) in [6.45, 7) is 5.27. The molecule has 2 N–H and O–H groups in total. The fraction of sp³-hybridized carbons (Fsp3) is 0.857. The first-order valence-electron chi connectivity index (χ1n) is 7.00. The first kappa shape index (κ1) is 14.2. The van der Waals surface area contributed by atoms with Crippen molar-refractivity contribution in [2.45, 2.75) is 58.1 Å². The highest BCUT2D eigenvalue weighted by molar-refractivity contribution is 5.80. The Morgan fingerprint density at radius 1 is 1.32 bits per heavy atom. The molecule has 2 aliphatic rings. The summed E-state index contributed by atoms with van der Waals surface area (Å²) in [5.41, 5.74) is -0.608. The van der Waals surface area contributed by atoms with Crippen LogP contribution in [0.1, 0.15) is 46.5 Å². The summed E-state index contributed by atoms with van der Waals surface area (Å²) < 4.78 is 5.10. The topological polar surface area (TPSA) is 75.6 Å². The van der Waals surface area contributed by atoms with E-state index in [1.54, 1.807) is 20.8 Å². The minimum atomic E-state index is -0.976. The van der Waals surface area contributed by atoms with E-state index in [-0.39, 0.29) is 0 Å². The van der Waals surface area contributed by atoms with Gasteiger partial charge in [0.15, 0.2) is 0 Å². The predicted octanol–water partition coefficient (Wildman–Crippen LogP) is 2.40. The zero-order chi connectivity index (χ0) is 14.2. The normalized spacial score (nSPS) is 30.4. The Hall–Kier alpha value is -1.26. The largest absolute Gasteiger partial charge is 0.480 e. The number of nitrogens with one attached hydrogen (secondary N) is 1. The highest BCUT2D eigenvalue weighted by atomic mass is 16.6. The van der Waals surface area contributed by atoms with Gasteiger partial charge < -0.3 is 15.2 Å². The van der Waals surface area contributed by atoms with E-state index in [0.29, 0.717) is 24.2 Å². The van der Waals surface area contributed by atoms with Crippen LogP contribution in [0.2, 0.25) is 0 Å². The molecule has 3 atom stereocenters. The zero-order valence-electron chi connectivity index (χ0n) is 11.8. The molecule has 2 aliphatic carbocycles. The Morgan fingerprint density at radius 2 is 1.89 bits per heavy atom. The molecular formula is C14H23NO4. The fourth-order valence-electron chi connectivity index (χ4n) is 3.26. The summed E-state index contributed by atoms with van der Waals surface area (Å²) in [7, 11) is 0. The van der Waals surface area contributed by atoms with E-state index in [0.717, 1.165) is 0 Å². The number of fused-ring (bicyclic) bond motifs is 1. The van der Waals surface area contributed by atoms with Crippen LogP contribution in [-0.2, 0) is 9.53 Å². The third kappa shape index (κ3) is 3.61. The minimum Gasteiger partial charge on any atom is -0.480 e. The van der Waals surface area contributed by atoms with Crippen molar-refractivity contribution in [3.63, 3.8) is 0 Å². The lowest BCUT2D eigenvalue weighted by Gasteiger charge is -2.22. The summed E-state index contributed by atoms with van der Waals surface area (Å²) >= 11 is 0. The second kappa shape index (κ2) is 5.02. The maximum atomic E-state index is 11.6. The summed E-state index contributed by atoms with van der Waals surface area (Å²) in [4.78, 5) is 22.8. The van der Waals surface area contributed by atoms with Crippen molar-refractivity contribution in [2.75, 3.05) is 0 Å². The molecule has 2 saturated carbocycles. The Labute approximate surface area is 113 Å². The van der Waals surface area contributed by atoms with Gasteiger partial charge in [-0.2, -0.15) is 0 Å². The number of ether oxygens (including phenoxy) is 1. The van der Waals surface area contributed by atoms with Crippen LogP contribution in [0.15, 0.2) is 0 Å². The second-order valence-corrected chi connectivity index (χ2v) is 6.70. The summed E-state index contributed by atoms with van der Waals surface area (Å²) in [6, 6.07) is -0.828. The van der Waals surface area contributed by atoms with E-state index in [4.69, 9.17) is 4.74 Å². The third-order valence-corrected chi connectivity index (χ3v) is 4.08. The lowest BCUT2D eigenvalue weighted by molar-refractivity contribution is -0.139. The minimum absolute atomic E-state index is 0.477. The molecule has 0 unspecified atom stereocenters. The molecule has 0 aliphatic heterocycles. The number of carbonyl (C=O) groups excluding carboxylic acids is 1. The highest BCUT2D eigenvalue weighted by Crippen LogP contribution is 2.59. The molecule has 0 bridgehead atoms. The number of alkyl carbamates (subject to hydrolysis) is 1. The van der Waals surface area contributed by atoms with Crippen LogP contribution in [-0.4, -0.2) is 28.8 Å². The van der Waals surface area contributed by atoms with Crippen LogP contribution >= 0.6 is 0 Å². The molecule has 0 heterocycles. The van der Waals surface area contributed by atoms with E-state index >= 15 is 0 Å². The number of hydrogen-bond donors (Lipinski definition) is 2. The first-order chi connectivity index (χ1) is 8.78. The van der Waals surface area contributed by atoms with Crippen molar-refractivity contribution in [3.05, 3.63) is 0 Å². The molecule has 0 aromatic carbocycles. The maximum absolute atomic E-state index is 11.6. The molecule has 1 amide bonds. The Balaban J connectivity index is 1.83. The van der Waals surface area contributed by atoms with Crippen LogP contribution in [0.25, 0.3) is 0 Å². The van der Waals surface area contributed by atoms with Gasteiger partial charge in [0.2, 0.25) is 0 Å². The second-order valence-electron chi connectivity index (χ2n) is 6.70. The van der Waals surface area contributed by atoms with Gasteiger partial charge in [0.1, 0.15) is 11.6 Å². The molecule has 0 radical (unpaired) electrons. The number of carboxylic acid groups (broad SMARTS) is 1. The van der Waals surface area contributed by atoms with Gasteiger partial charge in [-0.3, -0.25) is 0 Å². The van der Waals surface area contributed by atoms with Gasteiger partial charge >= 0.3 is 12.1 Å². The van der Waals surface area contributed by atoms with E-state index in [9.17, 15) is 14.7 Å². The van der Waals surface area contributed by atoms with Crippen molar-refractivity contribution in [1.29, 1.82) is 0 Å². The fourth-order valence-corrected chi connectivity index (χ4v) is 3.26. The van der Waals surface area contributed by atoms with E-state index < -0.39 is 23.7 Å². The van der Waals surface area contributed by atoms with Gasteiger partial charge in [-0.25, -0.2) is 9.59 Å². The molecule has 0 aromatic rings. The summed E-state index contributed by atoms with van der Waals surface area (Å²) in [6.07, 6.45) is 3.58. The molecule has 0 saturated heterocycles. The Bertz CT molecular complexity index is 364. The van der Waals surface area contributed by atoms with Gasteiger partial charge in [-0.05, 0) is 57.8 Å². The average molecular weight is 269 g/mol. The van der Waals surface area contributed by atoms with Crippen LogP contribution in [0.3, 0.4) is 0 Å². The van der Waals surface area contributed by atoms with E-state index in [1.165, 1.54) is 19.3 Å². The number of carboxylic acids is 1. The Morgan fingerprint density at radius 3 is 2.37 bits per heavy atom. The van der Waals surface area contributed by atoms with Gasteiger partial charge in [0, 0.05) is 0 Å². The SMILES string of the molecule is CC(C)(C)OC(=O)N[C@@H](CC1[C@@H]2CCC[C@@H]12)C(=O)O. The standard InChI is InChI=1S/C14H23NO4/c1-14(2,3)19-13(18)15-11(12(16)17)7-10-8-5-4-6-9(8)10/h8-11H,4-7H2,1-3H3,(H,15,18)(H,16,17)/t8-,9-,11+/m1/s1. The molecular weight excluding hydrogens is 246 g/mol. The molecule has 5 nitrogen and oxygen atoms in total. The number of hydrogen-bond acceptors (Lipinski definition) is 3. The molecule has 108 valence electrons. The quantitative estimate of drug-likeness (QED) is 0.821. The average Bonchev–Trinajstić information content (AvgIpc) is 2.70. The van der Waals surface area contributed by atoms with Gasteiger partial charge in [-0.1, -0.05) is 6.42 Å². The number of rotatable bonds is 4. The first-order valence-corrected chi connectivity index (χ1v) is 7.00. The summed E-state index contributed by atoms with van der Waals surface area (Å²) in [5.74, 6) is 0.894. The van der Waals surface area contributed by atoms with Crippen LogP contribution in [0, 0.1) is 17.8 Å². The molecule has 0 spiro atoms. The van der Waals surface area contributed by atoms with Gasteiger partial charge in [-0.15, -0.1) is 0 Å². The molecule has 5 heteroatoms. The van der Waals surface area contributed by atoms with Crippen LogP contribution in [0.5, 0.6) is 0 Å². The van der Waals surface area contributed by atoms with E-state index in [2.05, 4.69) is 5.32 Å². The van der Waals surface area contributed by atoms with Gasteiger partial charge in [0.05, 0.1) is 0 Å². The Kier molecular flexibility index (Phi) is 3.74. The zero-order valence-corrected chi connectivity index (χ0v) is 11.8. The third-order valence-electron chi connectivity index (χ3n) is 4.08. The van der Waals surface area contributed by atoms with Crippen molar-refractivity contribution in [3.8, 4) is 0 Å². The summed E-state index contributed by atoms with van der Waals surface area (Å²) in [5, 5.41) is 11.7. The smallest absolute Gasteiger partial charge is 0.408 e. The predicted molar refractivity (Wildman–Crippen MR) is 69.7 cm³/mol. The monoisotopic (exact) mass is 269 g/mol. The molecule has 0 aromatic heterocycles. The molecule has 2 fully saturated rings. The van der Waals surface area contributed by atoms with Crippen LogP contribution in [0.4, 0.5) is 4.79 Å². The number of amides is 1.